The Balaban J connectivity index is 1.34. The molecule has 10 rings (SSSR count). The van der Waals surface area contributed by atoms with Gasteiger partial charge < -0.3 is 4.57 Å². The van der Waals surface area contributed by atoms with Crippen LogP contribution in [0.1, 0.15) is 22.3 Å². The van der Waals surface area contributed by atoms with E-state index in [4.69, 9.17) is 15.0 Å². The first-order valence-electron chi connectivity index (χ1n) is 17.2. The molecule has 0 amide bonds. The zero-order valence-corrected chi connectivity index (χ0v) is 30.9. The van der Waals surface area contributed by atoms with Gasteiger partial charge in [-0.2, -0.15) is 0 Å². The highest BCUT2D eigenvalue weighted by Gasteiger charge is 2.45. The standard InChI is InChI=1S/C46H28Br2N4/c47-34-22-24-40-36(26-34)37-27-35(48)28-39-42(37)52(40)41-23-21-31(25-38(41)46(39,32-17-9-3-10-18-32)33-19-11-4-12-20-33)45-50-43(29-13-5-1-6-14-29)49-44(51-45)30-15-7-2-8-16-30/h1-28H. The molecule has 2 aromatic heterocycles. The van der Waals surface area contributed by atoms with Crippen molar-refractivity contribution in [2.45, 2.75) is 5.41 Å². The molecule has 1 aliphatic rings. The van der Waals surface area contributed by atoms with E-state index in [1.54, 1.807) is 0 Å². The van der Waals surface area contributed by atoms with E-state index in [0.717, 1.165) is 42.4 Å². The molecule has 3 heterocycles. The van der Waals surface area contributed by atoms with Crippen molar-refractivity contribution in [1.82, 2.24) is 19.5 Å². The Labute approximate surface area is 317 Å². The highest BCUT2D eigenvalue weighted by atomic mass is 79.9. The van der Waals surface area contributed by atoms with Crippen LogP contribution in [0.2, 0.25) is 0 Å². The molecule has 9 aromatic rings. The molecule has 0 unspecified atom stereocenters. The average molecular weight is 797 g/mol. The van der Waals surface area contributed by atoms with E-state index >= 15 is 0 Å². The summed E-state index contributed by atoms with van der Waals surface area (Å²) in [7, 11) is 0. The van der Waals surface area contributed by atoms with Crippen LogP contribution in [0.5, 0.6) is 0 Å². The fourth-order valence-corrected chi connectivity index (χ4v) is 8.86. The second-order valence-corrected chi connectivity index (χ2v) is 14.9. The molecule has 0 radical (unpaired) electrons. The van der Waals surface area contributed by atoms with Crippen molar-refractivity contribution >= 4 is 53.7 Å². The van der Waals surface area contributed by atoms with E-state index in [-0.39, 0.29) is 0 Å². The predicted molar refractivity (Wildman–Crippen MR) is 218 cm³/mol. The number of benzene rings is 7. The van der Waals surface area contributed by atoms with Crippen molar-refractivity contribution in [2.24, 2.45) is 0 Å². The van der Waals surface area contributed by atoms with Crippen molar-refractivity contribution in [3.63, 3.8) is 0 Å². The summed E-state index contributed by atoms with van der Waals surface area (Å²) in [5.41, 5.74) is 10.3. The maximum atomic E-state index is 5.15. The molecule has 0 fully saturated rings. The average Bonchev–Trinajstić information content (AvgIpc) is 3.52. The van der Waals surface area contributed by atoms with Gasteiger partial charge in [0, 0.05) is 36.4 Å². The molecule has 4 nitrogen and oxygen atoms in total. The van der Waals surface area contributed by atoms with E-state index in [9.17, 15) is 0 Å². The summed E-state index contributed by atoms with van der Waals surface area (Å²) in [6.07, 6.45) is 0. The van der Waals surface area contributed by atoms with Gasteiger partial charge in [0.05, 0.1) is 22.1 Å². The van der Waals surface area contributed by atoms with Crippen molar-refractivity contribution < 1.29 is 0 Å². The number of hydrogen-bond donors (Lipinski definition) is 0. The zero-order chi connectivity index (χ0) is 34.8. The monoisotopic (exact) mass is 794 g/mol. The largest absolute Gasteiger partial charge is 0.309 e. The highest BCUT2D eigenvalue weighted by molar-refractivity contribution is 9.10. The summed E-state index contributed by atoms with van der Waals surface area (Å²) in [5.74, 6) is 1.90. The van der Waals surface area contributed by atoms with Crippen LogP contribution in [0.3, 0.4) is 0 Å². The maximum absolute atomic E-state index is 5.15. The van der Waals surface area contributed by atoms with Gasteiger partial charge in [0.2, 0.25) is 0 Å². The maximum Gasteiger partial charge on any atom is 0.164 e. The summed E-state index contributed by atoms with van der Waals surface area (Å²) in [6.45, 7) is 0. The van der Waals surface area contributed by atoms with Gasteiger partial charge in [-0.05, 0) is 70.8 Å². The second-order valence-electron chi connectivity index (χ2n) is 13.1. The minimum absolute atomic E-state index is 0.622. The zero-order valence-electron chi connectivity index (χ0n) is 27.7. The van der Waals surface area contributed by atoms with Crippen LogP contribution in [-0.2, 0) is 5.41 Å². The van der Waals surface area contributed by atoms with Crippen molar-refractivity contribution in [3.05, 3.63) is 201 Å². The van der Waals surface area contributed by atoms with Gasteiger partial charge in [-0.3, -0.25) is 0 Å². The Hall–Kier alpha value is -5.69. The van der Waals surface area contributed by atoms with E-state index in [2.05, 4.69) is 146 Å². The van der Waals surface area contributed by atoms with E-state index in [0.29, 0.717) is 17.5 Å². The van der Waals surface area contributed by atoms with Gasteiger partial charge in [-0.25, -0.2) is 15.0 Å². The molecule has 0 saturated carbocycles. The first kappa shape index (κ1) is 31.1. The number of halogens is 2. The molecule has 1 aliphatic heterocycles. The lowest BCUT2D eigenvalue weighted by Crippen LogP contribution is -2.35. The van der Waals surface area contributed by atoms with Gasteiger partial charge >= 0.3 is 0 Å². The van der Waals surface area contributed by atoms with Gasteiger partial charge in [0.15, 0.2) is 17.5 Å². The lowest BCUT2D eigenvalue weighted by atomic mass is 9.63. The third kappa shape index (κ3) is 4.75. The van der Waals surface area contributed by atoms with Crippen LogP contribution in [-0.4, -0.2) is 19.5 Å². The molecular formula is C46H28Br2N4. The van der Waals surface area contributed by atoms with Gasteiger partial charge in [0.1, 0.15) is 0 Å². The minimum Gasteiger partial charge on any atom is -0.309 e. The first-order valence-corrected chi connectivity index (χ1v) is 18.7. The smallest absolute Gasteiger partial charge is 0.164 e. The molecule has 0 saturated heterocycles. The molecular weight excluding hydrogens is 768 g/mol. The second kappa shape index (κ2) is 12.2. The lowest BCUT2D eigenvalue weighted by molar-refractivity contribution is 0.727. The van der Waals surface area contributed by atoms with E-state index < -0.39 is 5.41 Å². The molecule has 0 atom stereocenters. The van der Waals surface area contributed by atoms with Crippen LogP contribution in [0, 0.1) is 0 Å². The van der Waals surface area contributed by atoms with Crippen LogP contribution >= 0.6 is 31.9 Å². The fraction of sp³-hybridized carbons (Fsp3) is 0.0217. The fourth-order valence-electron chi connectivity index (χ4n) is 8.04. The Morgan fingerprint density at radius 2 is 0.942 bits per heavy atom. The molecule has 0 N–H and O–H groups in total. The van der Waals surface area contributed by atoms with Gasteiger partial charge in [-0.1, -0.05) is 153 Å². The molecule has 0 aliphatic carbocycles. The Kier molecular flexibility index (Phi) is 7.31. The third-order valence-electron chi connectivity index (χ3n) is 10.2. The summed E-state index contributed by atoms with van der Waals surface area (Å²) in [6, 6.07) is 60.0. The molecule has 0 spiro atoms. The van der Waals surface area contributed by atoms with Gasteiger partial charge in [-0.15, -0.1) is 0 Å². The quantitative estimate of drug-likeness (QED) is 0.174. The highest BCUT2D eigenvalue weighted by Crippen LogP contribution is 2.55. The molecule has 0 bridgehead atoms. The van der Waals surface area contributed by atoms with Crippen molar-refractivity contribution in [1.29, 1.82) is 0 Å². The summed E-state index contributed by atoms with van der Waals surface area (Å²) in [4.78, 5) is 15.3. The molecule has 7 aromatic carbocycles. The predicted octanol–water partition coefficient (Wildman–Crippen LogP) is 12.2. The van der Waals surface area contributed by atoms with Crippen molar-refractivity contribution in [3.8, 4) is 39.9 Å². The summed E-state index contributed by atoms with van der Waals surface area (Å²) < 4.78 is 4.52. The van der Waals surface area contributed by atoms with Crippen LogP contribution in [0.15, 0.2) is 179 Å². The Bertz CT molecular complexity index is 2700. The topological polar surface area (TPSA) is 43.6 Å². The van der Waals surface area contributed by atoms with Crippen LogP contribution < -0.4 is 0 Å². The number of hydrogen-bond acceptors (Lipinski definition) is 3. The number of rotatable bonds is 5. The van der Waals surface area contributed by atoms with Crippen LogP contribution in [0.25, 0.3) is 61.7 Å². The third-order valence-corrected chi connectivity index (χ3v) is 11.2. The molecule has 246 valence electrons. The normalized spacial score (nSPS) is 13.0. The number of fused-ring (bicyclic) bond motifs is 5. The minimum atomic E-state index is -0.672. The SMILES string of the molecule is Brc1ccc2c(c1)c1cc(Br)cc3c1n2-c1ccc(-c2nc(-c4ccccc4)nc(-c4ccccc4)n2)cc1C3(c1ccccc1)c1ccccc1. The summed E-state index contributed by atoms with van der Waals surface area (Å²) >= 11 is 7.73. The molecule has 52 heavy (non-hydrogen) atoms. The first-order chi connectivity index (χ1) is 25.6. The van der Waals surface area contributed by atoms with Gasteiger partial charge in [0.25, 0.3) is 0 Å². The van der Waals surface area contributed by atoms with Crippen molar-refractivity contribution in [2.75, 3.05) is 0 Å². The number of nitrogens with zero attached hydrogens (tertiary/aromatic N) is 4. The van der Waals surface area contributed by atoms with Crippen LogP contribution in [0.4, 0.5) is 0 Å². The Morgan fingerprint density at radius 3 is 1.52 bits per heavy atom. The Morgan fingerprint density at radius 1 is 0.423 bits per heavy atom. The summed E-state index contributed by atoms with van der Waals surface area (Å²) in [5, 5.41) is 2.39. The van der Waals surface area contributed by atoms with E-state index in [1.165, 1.54) is 33.0 Å². The number of aromatic nitrogens is 4. The van der Waals surface area contributed by atoms with E-state index in [1.807, 2.05) is 60.7 Å². The molecule has 6 heteroatoms. The lowest BCUT2D eigenvalue weighted by Gasteiger charge is -2.42.